The molecule has 90 valence electrons. The number of amides is 1. The minimum atomic E-state index is -0.492. The Labute approximate surface area is 96.2 Å². The van der Waals surface area contributed by atoms with E-state index in [4.69, 9.17) is 15.7 Å². The summed E-state index contributed by atoms with van der Waals surface area (Å²) in [5.74, 6) is 0.0671. The van der Waals surface area contributed by atoms with E-state index in [0.29, 0.717) is 19.5 Å². The first-order valence-electron chi connectivity index (χ1n) is 5.44. The van der Waals surface area contributed by atoms with E-state index < -0.39 is 5.60 Å². The highest BCUT2D eigenvalue weighted by atomic mass is 16.6. The van der Waals surface area contributed by atoms with Gasteiger partial charge in [0.2, 0.25) is 0 Å². The predicted octanol–water partition coefficient (Wildman–Crippen LogP) is 1.09. The lowest BCUT2D eigenvalue weighted by Gasteiger charge is -2.24. The van der Waals surface area contributed by atoms with Gasteiger partial charge in [0, 0.05) is 31.5 Å². The average molecular weight is 225 g/mol. The van der Waals surface area contributed by atoms with E-state index in [1.807, 2.05) is 20.8 Å². The molecule has 2 N–H and O–H groups in total. The molecule has 0 radical (unpaired) electrons. The molecule has 1 heterocycles. The van der Waals surface area contributed by atoms with E-state index in [1.54, 1.807) is 4.90 Å². The van der Waals surface area contributed by atoms with Gasteiger partial charge in [-0.1, -0.05) is 0 Å². The van der Waals surface area contributed by atoms with Crippen molar-refractivity contribution in [1.82, 2.24) is 4.90 Å². The molecule has 1 rings (SSSR count). The first-order chi connectivity index (χ1) is 7.33. The number of carbonyl (C=O) groups excluding carboxylic acids is 1. The molecule has 1 saturated heterocycles. The van der Waals surface area contributed by atoms with Gasteiger partial charge in [-0.05, 0) is 20.8 Å². The van der Waals surface area contributed by atoms with Gasteiger partial charge in [-0.15, -0.1) is 0 Å². The second-order valence-electron chi connectivity index (χ2n) is 5.17. The summed E-state index contributed by atoms with van der Waals surface area (Å²) < 4.78 is 5.24. The second kappa shape index (κ2) is 4.71. The van der Waals surface area contributed by atoms with Crippen LogP contribution in [-0.2, 0) is 4.74 Å². The number of nitrogens with zero attached hydrogens (tertiary/aromatic N) is 2. The molecule has 5 heteroatoms. The molecule has 0 saturated carbocycles. The molecule has 0 aromatic carbocycles. The zero-order valence-corrected chi connectivity index (χ0v) is 10.1. The Hall–Kier alpha value is -1.28. The molecule has 0 spiro atoms. The van der Waals surface area contributed by atoms with Crippen LogP contribution in [0.1, 0.15) is 27.2 Å². The van der Waals surface area contributed by atoms with Crippen LogP contribution in [0.5, 0.6) is 0 Å². The van der Waals surface area contributed by atoms with Crippen molar-refractivity contribution in [1.29, 1.82) is 5.26 Å². The molecule has 0 aromatic heterocycles. The number of ether oxygens (including phenoxy) is 1. The average Bonchev–Trinajstić information content (AvgIpc) is 2.46. The largest absolute Gasteiger partial charge is 0.444 e. The van der Waals surface area contributed by atoms with Crippen molar-refractivity contribution in [3.05, 3.63) is 0 Å². The van der Waals surface area contributed by atoms with Crippen LogP contribution in [0.4, 0.5) is 4.79 Å². The van der Waals surface area contributed by atoms with Crippen molar-refractivity contribution in [3.8, 4) is 6.07 Å². The summed E-state index contributed by atoms with van der Waals surface area (Å²) in [7, 11) is 0. The monoisotopic (exact) mass is 225 g/mol. The van der Waals surface area contributed by atoms with Gasteiger partial charge in [0.25, 0.3) is 0 Å². The van der Waals surface area contributed by atoms with Crippen LogP contribution in [0, 0.1) is 17.2 Å². The van der Waals surface area contributed by atoms with E-state index in [-0.39, 0.29) is 18.1 Å². The third-order valence-electron chi connectivity index (χ3n) is 2.50. The van der Waals surface area contributed by atoms with Crippen LogP contribution in [0.2, 0.25) is 0 Å². The van der Waals surface area contributed by atoms with Gasteiger partial charge >= 0.3 is 6.09 Å². The summed E-state index contributed by atoms with van der Waals surface area (Å²) in [6, 6.07) is 1.97. The fourth-order valence-electron chi connectivity index (χ4n) is 1.71. The summed E-state index contributed by atoms with van der Waals surface area (Å²) in [6.07, 6.45) is 0.0453. The minimum Gasteiger partial charge on any atom is -0.444 e. The highest BCUT2D eigenvalue weighted by molar-refractivity contribution is 5.68. The zero-order chi connectivity index (χ0) is 12.3. The molecule has 0 aromatic rings. The van der Waals surface area contributed by atoms with Crippen molar-refractivity contribution < 1.29 is 9.53 Å². The van der Waals surface area contributed by atoms with Gasteiger partial charge in [0.1, 0.15) is 5.60 Å². The third-order valence-corrected chi connectivity index (χ3v) is 2.50. The summed E-state index contributed by atoms with van der Waals surface area (Å²) in [5.41, 5.74) is 5.36. The molecule has 1 aliphatic heterocycles. The topological polar surface area (TPSA) is 79.3 Å². The van der Waals surface area contributed by atoms with Gasteiger partial charge in [0.15, 0.2) is 0 Å². The summed E-state index contributed by atoms with van der Waals surface area (Å²) in [4.78, 5) is 13.3. The maximum absolute atomic E-state index is 11.7. The lowest BCUT2D eigenvalue weighted by atomic mass is 10.0. The second-order valence-corrected chi connectivity index (χ2v) is 5.17. The standard InChI is InChI=1S/C11H19N3O2/c1-11(2,3)16-10(15)14-6-8(4-5-12)9(13)7-14/h8-9H,4,6-7,13H2,1-3H3. The first-order valence-corrected chi connectivity index (χ1v) is 5.44. The predicted molar refractivity (Wildman–Crippen MR) is 59.5 cm³/mol. The lowest BCUT2D eigenvalue weighted by Crippen LogP contribution is -2.36. The quantitative estimate of drug-likeness (QED) is 0.724. The summed E-state index contributed by atoms with van der Waals surface area (Å²) >= 11 is 0. The molecule has 1 aliphatic rings. The Morgan fingerprint density at radius 3 is 2.69 bits per heavy atom. The highest BCUT2D eigenvalue weighted by Gasteiger charge is 2.34. The smallest absolute Gasteiger partial charge is 0.410 e. The van der Waals surface area contributed by atoms with Crippen LogP contribution in [-0.4, -0.2) is 35.7 Å². The zero-order valence-electron chi connectivity index (χ0n) is 10.1. The van der Waals surface area contributed by atoms with Crippen LogP contribution in [0.3, 0.4) is 0 Å². The van der Waals surface area contributed by atoms with E-state index in [1.165, 1.54) is 0 Å². The molecular formula is C11H19N3O2. The van der Waals surface area contributed by atoms with Gasteiger partial charge in [-0.2, -0.15) is 5.26 Å². The van der Waals surface area contributed by atoms with Crippen LogP contribution in [0.15, 0.2) is 0 Å². The molecule has 0 aliphatic carbocycles. The van der Waals surface area contributed by atoms with Crippen molar-refractivity contribution in [3.63, 3.8) is 0 Å². The van der Waals surface area contributed by atoms with Crippen molar-refractivity contribution in [2.45, 2.75) is 38.8 Å². The van der Waals surface area contributed by atoms with Crippen molar-refractivity contribution in [2.24, 2.45) is 11.7 Å². The van der Waals surface area contributed by atoms with E-state index in [9.17, 15) is 4.79 Å². The van der Waals surface area contributed by atoms with Gasteiger partial charge in [-0.3, -0.25) is 0 Å². The molecule has 0 bridgehead atoms. The minimum absolute atomic E-state index is 0.0671. The van der Waals surface area contributed by atoms with Crippen molar-refractivity contribution >= 4 is 6.09 Å². The SMILES string of the molecule is CC(C)(C)OC(=O)N1CC(N)C(CC#N)C1. The number of hydrogen-bond donors (Lipinski definition) is 1. The number of likely N-dealkylation sites (tertiary alicyclic amines) is 1. The van der Waals surface area contributed by atoms with Crippen LogP contribution >= 0.6 is 0 Å². The molecule has 16 heavy (non-hydrogen) atoms. The van der Waals surface area contributed by atoms with E-state index >= 15 is 0 Å². The Kier molecular flexibility index (Phi) is 3.76. The number of nitrogens with two attached hydrogens (primary N) is 1. The fraction of sp³-hybridized carbons (Fsp3) is 0.818. The number of hydrogen-bond acceptors (Lipinski definition) is 4. The Morgan fingerprint density at radius 1 is 1.56 bits per heavy atom. The molecular weight excluding hydrogens is 206 g/mol. The number of nitriles is 1. The first kappa shape index (κ1) is 12.8. The van der Waals surface area contributed by atoms with Gasteiger partial charge in [0.05, 0.1) is 6.07 Å². The number of carbonyl (C=O) groups is 1. The molecule has 2 unspecified atom stereocenters. The lowest BCUT2D eigenvalue weighted by molar-refractivity contribution is 0.0287. The Morgan fingerprint density at radius 2 is 2.19 bits per heavy atom. The third kappa shape index (κ3) is 3.38. The Balaban J connectivity index is 2.52. The fourth-order valence-corrected chi connectivity index (χ4v) is 1.71. The number of rotatable bonds is 1. The Bertz CT molecular complexity index is 303. The summed E-state index contributed by atoms with van der Waals surface area (Å²) in [6.45, 7) is 6.47. The maximum atomic E-state index is 11.7. The van der Waals surface area contributed by atoms with Gasteiger partial charge < -0.3 is 15.4 Å². The van der Waals surface area contributed by atoms with Crippen molar-refractivity contribution in [2.75, 3.05) is 13.1 Å². The van der Waals surface area contributed by atoms with Crippen LogP contribution in [0.25, 0.3) is 0 Å². The van der Waals surface area contributed by atoms with Crippen LogP contribution < -0.4 is 5.73 Å². The van der Waals surface area contributed by atoms with Gasteiger partial charge in [-0.25, -0.2) is 4.79 Å². The van der Waals surface area contributed by atoms with E-state index in [2.05, 4.69) is 6.07 Å². The van der Waals surface area contributed by atoms with E-state index in [0.717, 1.165) is 0 Å². The summed E-state index contributed by atoms with van der Waals surface area (Å²) in [5, 5.41) is 8.62. The molecule has 2 atom stereocenters. The normalized spacial score (nSPS) is 25.3. The molecule has 5 nitrogen and oxygen atoms in total. The maximum Gasteiger partial charge on any atom is 0.410 e. The highest BCUT2D eigenvalue weighted by Crippen LogP contribution is 2.20. The molecule has 1 fully saturated rings. The molecule has 1 amide bonds.